The second-order valence-electron chi connectivity index (χ2n) is 6.30. The van der Waals surface area contributed by atoms with Crippen LogP contribution >= 0.6 is 15.9 Å². The monoisotopic (exact) mass is 451 g/mol. The van der Waals surface area contributed by atoms with E-state index in [2.05, 4.69) is 21.2 Å². The lowest BCUT2D eigenvalue weighted by Gasteiger charge is -2.17. The maximum absolute atomic E-state index is 12.4. The second-order valence-corrected chi connectivity index (χ2v) is 8.77. The van der Waals surface area contributed by atoms with Crippen LogP contribution in [0.3, 0.4) is 0 Å². The molecular weight excluding hydrogens is 434 g/mol. The minimum absolute atomic E-state index is 0.00822. The summed E-state index contributed by atoms with van der Waals surface area (Å²) in [6, 6.07) is 13.4. The van der Waals surface area contributed by atoms with E-state index in [1.807, 2.05) is 24.3 Å². The number of nitrogens with one attached hydrogen (secondary N) is 1. The molecule has 1 saturated heterocycles. The normalized spacial score (nSPS) is 17.2. The Kier molecular flexibility index (Phi) is 5.64. The summed E-state index contributed by atoms with van der Waals surface area (Å²) in [4.78, 5) is 26.3. The van der Waals surface area contributed by atoms with E-state index in [1.54, 1.807) is 17.0 Å². The second kappa shape index (κ2) is 7.79. The van der Waals surface area contributed by atoms with Crippen LogP contribution in [-0.2, 0) is 26.2 Å². The molecule has 1 unspecified atom stereocenters. The van der Waals surface area contributed by atoms with Gasteiger partial charge in [-0.3, -0.25) is 9.59 Å². The molecule has 0 radical (unpaired) electrons. The van der Waals surface area contributed by atoms with Crippen molar-refractivity contribution in [2.24, 2.45) is 11.1 Å². The van der Waals surface area contributed by atoms with Crippen LogP contribution in [0.4, 0.5) is 5.69 Å². The summed E-state index contributed by atoms with van der Waals surface area (Å²) in [6.07, 6.45) is 0.134. The largest absolute Gasteiger partial charge is 0.352 e. The van der Waals surface area contributed by atoms with Gasteiger partial charge in [0.2, 0.25) is 21.8 Å². The van der Waals surface area contributed by atoms with E-state index in [0.717, 1.165) is 10.2 Å². The molecule has 2 aromatic rings. The highest BCUT2D eigenvalue weighted by Gasteiger charge is 2.35. The van der Waals surface area contributed by atoms with Crippen LogP contribution in [0.25, 0.3) is 0 Å². The molecule has 27 heavy (non-hydrogen) atoms. The Morgan fingerprint density at radius 2 is 1.96 bits per heavy atom. The third-order valence-corrected chi connectivity index (χ3v) is 5.71. The predicted octanol–water partition coefficient (Wildman–Crippen LogP) is 1.77. The average molecular weight is 452 g/mol. The van der Waals surface area contributed by atoms with Crippen molar-refractivity contribution in [2.45, 2.75) is 17.9 Å². The molecule has 1 aliphatic rings. The zero-order valence-electron chi connectivity index (χ0n) is 14.3. The molecule has 0 aromatic heterocycles. The van der Waals surface area contributed by atoms with Crippen LogP contribution in [0.5, 0.6) is 0 Å². The fourth-order valence-corrected chi connectivity index (χ4v) is 3.91. The molecule has 0 saturated carbocycles. The molecule has 1 fully saturated rings. The van der Waals surface area contributed by atoms with E-state index in [1.165, 1.54) is 12.1 Å². The maximum atomic E-state index is 12.4. The number of amides is 2. The minimum Gasteiger partial charge on any atom is -0.352 e. The van der Waals surface area contributed by atoms with Gasteiger partial charge in [-0.2, -0.15) is 0 Å². The van der Waals surface area contributed by atoms with E-state index >= 15 is 0 Å². The first-order valence-corrected chi connectivity index (χ1v) is 10.5. The third kappa shape index (κ3) is 4.74. The SMILES string of the molecule is NS(=O)(=O)c1cccc(CNC(=O)C2CC(=O)N(c3cccc(Br)c3)C2)c1. The topological polar surface area (TPSA) is 110 Å². The molecule has 0 aliphatic carbocycles. The van der Waals surface area contributed by atoms with E-state index in [9.17, 15) is 18.0 Å². The number of carbonyl (C=O) groups excluding carboxylic acids is 2. The molecule has 1 heterocycles. The fourth-order valence-electron chi connectivity index (χ4n) is 2.94. The first-order chi connectivity index (χ1) is 12.7. The summed E-state index contributed by atoms with van der Waals surface area (Å²) in [5.74, 6) is -0.816. The van der Waals surface area contributed by atoms with Gasteiger partial charge in [-0.1, -0.05) is 34.1 Å². The van der Waals surface area contributed by atoms with Gasteiger partial charge < -0.3 is 10.2 Å². The van der Waals surface area contributed by atoms with E-state index in [4.69, 9.17) is 5.14 Å². The minimum atomic E-state index is -3.80. The van der Waals surface area contributed by atoms with Gasteiger partial charge in [0.1, 0.15) is 0 Å². The predicted molar refractivity (Wildman–Crippen MR) is 104 cm³/mol. The van der Waals surface area contributed by atoms with Crippen molar-refractivity contribution in [2.75, 3.05) is 11.4 Å². The van der Waals surface area contributed by atoms with Crippen LogP contribution in [0.2, 0.25) is 0 Å². The van der Waals surface area contributed by atoms with Crippen molar-refractivity contribution in [1.82, 2.24) is 5.32 Å². The highest BCUT2D eigenvalue weighted by atomic mass is 79.9. The Hall–Kier alpha value is -2.23. The van der Waals surface area contributed by atoms with Gasteiger partial charge >= 0.3 is 0 Å². The number of primary sulfonamides is 1. The number of hydrogen-bond donors (Lipinski definition) is 2. The summed E-state index contributed by atoms with van der Waals surface area (Å²) in [6.45, 7) is 0.460. The molecule has 9 heteroatoms. The number of sulfonamides is 1. The molecule has 142 valence electrons. The average Bonchev–Trinajstić information content (AvgIpc) is 3.01. The number of hydrogen-bond acceptors (Lipinski definition) is 4. The Labute approximate surface area is 165 Å². The highest BCUT2D eigenvalue weighted by Crippen LogP contribution is 2.27. The van der Waals surface area contributed by atoms with Crippen molar-refractivity contribution >= 4 is 43.5 Å². The molecular formula is C18H18BrN3O4S. The Balaban J connectivity index is 1.63. The molecule has 7 nitrogen and oxygen atoms in total. The summed E-state index contributed by atoms with van der Waals surface area (Å²) in [5, 5.41) is 7.88. The van der Waals surface area contributed by atoms with Crippen LogP contribution in [0.15, 0.2) is 57.9 Å². The van der Waals surface area contributed by atoms with E-state index in [0.29, 0.717) is 12.1 Å². The molecule has 1 atom stereocenters. The van der Waals surface area contributed by atoms with Crippen molar-refractivity contribution in [3.05, 3.63) is 58.6 Å². The molecule has 0 bridgehead atoms. The Morgan fingerprint density at radius 1 is 1.22 bits per heavy atom. The van der Waals surface area contributed by atoms with Crippen molar-refractivity contribution in [1.29, 1.82) is 0 Å². The molecule has 2 aromatic carbocycles. The van der Waals surface area contributed by atoms with Crippen LogP contribution in [0, 0.1) is 5.92 Å². The number of nitrogens with zero attached hydrogens (tertiary/aromatic N) is 1. The van der Waals surface area contributed by atoms with Gasteiger partial charge in [0, 0.05) is 29.7 Å². The first kappa shape index (κ1) is 19.5. The quantitative estimate of drug-likeness (QED) is 0.721. The summed E-state index contributed by atoms with van der Waals surface area (Å²) in [7, 11) is -3.80. The summed E-state index contributed by atoms with van der Waals surface area (Å²) >= 11 is 3.37. The zero-order valence-corrected chi connectivity index (χ0v) is 16.7. The third-order valence-electron chi connectivity index (χ3n) is 4.31. The van der Waals surface area contributed by atoms with Crippen molar-refractivity contribution in [3.8, 4) is 0 Å². The molecule has 1 aliphatic heterocycles. The van der Waals surface area contributed by atoms with Crippen molar-refractivity contribution < 1.29 is 18.0 Å². The van der Waals surface area contributed by atoms with Gasteiger partial charge in [-0.15, -0.1) is 0 Å². The lowest BCUT2D eigenvalue weighted by Crippen LogP contribution is -2.32. The van der Waals surface area contributed by atoms with Crippen molar-refractivity contribution in [3.63, 3.8) is 0 Å². The first-order valence-electron chi connectivity index (χ1n) is 8.19. The Bertz CT molecular complexity index is 994. The summed E-state index contributed by atoms with van der Waals surface area (Å²) < 4.78 is 23.7. The van der Waals surface area contributed by atoms with Crippen LogP contribution in [0.1, 0.15) is 12.0 Å². The molecule has 2 amide bonds. The molecule has 3 rings (SSSR count). The van der Waals surface area contributed by atoms with Crippen LogP contribution < -0.4 is 15.4 Å². The number of benzene rings is 2. The Morgan fingerprint density at radius 3 is 2.67 bits per heavy atom. The number of anilines is 1. The van der Waals surface area contributed by atoms with E-state index in [-0.39, 0.29) is 29.7 Å². The summed E-state index contributed by atoms with van der Waals surface area (Å²) in [5.41, 5.74) is 1.36. The van der Waals surface area contributed by atoms with Gasteiger partial charge in [-0.05, 0) is 35.9 Å². The van der Waals surface area contributed by atoms with Gasteiger partial charge in [0.25, 0.3) is 0 Å². The fraction of sp³-hybridized carbons (Fsp3) is 0.222. The zero-order chi connectivity index (χ0) is 19.6. The molecule has 0 spiro atoms. The number of nitrogens with two attached hydrogens (primary N) is 1. The standard InChI is InChI=1S/C18H18BrN3O4S/c19-14-4-2-5-15(9-14)22-11-13(8-17(22)23)18(24)21-10-12-3-1-6-16(7-12)27(20,25)26/h1-7,9,13H,8,10-11H2,(H,21,24)(H2,20,25,26). The highest BCUT2D eigenvalue weighted by molar-refractivity contribution is 9.10. The maximum Gasteiger partial charge on any atom is 0.238 e. The van der Waals surface area contributed by atoms with E-state index < -0.39 is 15.9 Å². The van der Waals surface area contributed by atoms with Crippen LogP contribution in [-0.4, -0.2) is 26.8 Å². The number of rotatable bonds is 5. The number of carbonyl (C=O) groups is 2. The van der Waals surface area contributed by atoms with Gasteiger partial charge in [-0.25, -0.2) is 13.6 Å². The van der Waals surface area contributed by atoms with Gasteiger partial charge in [0.15, 0.2) is 0 Å². The lowest BCUT2D eigenvalue weighted by atomic mass is 10.1. The smallest absolute Gasteiger partial charge is 0.238 e. The lowest BCUT2D eigenvalue weighted by molar-refractivity contribution is -0.126. The number of halogens is 1. The molecule has 3 N–H and O–H groups in total. The van der Waals surface area contributed by atoms with Gasteiger partial charge in [0.05, 0.1) is 10.8 Å².